The van der Waals surface area contributed by atoms with E-state index < -0.39 is 5.60 Å². The molecule has 0 aliphatic carbocycles. The summed E-state index contributed by atoms with van der Waals surface area (Å²) >= 11 is 0. The molecule has 0 saturated heterocycles. The summed E-state index contributed by atoms with van der Waals surface area (Å²) in [6.07, 6.45) is 0. The number of urea groups is 1. The van der Waals surface area contributed by atoms with Gasteiger partial charge in [0.2, 0.25) is 0 Å². The zero-order valence-corrected chi connectivity index (χ0v) is 14.0. The molecule has 118 valence electrons. The van der Waals surface area contributed by atoms with Crippen LogP contribution in [0.25, 0.3) is 0 Å². The van der Waals surface area contributed by atoms with E-state index in [2.05, 4.69) is 38.2 Å². The smallest absolute Gasteiger partial charge is 0.317 e. The lowest BCUT2D eigenvalue weighted by molar-refractivity contribution is 0.0531. The van der Waals surface area contributed by atoms with Crippen molar-refractivity contribution in [2.75, 3.05) is 13.6 Å². The predicted octanol–water partition coefficient (Wildman–Crippen LogP) is 2.90. The Labute approximate surface area is 128 Å². The summed E-state index contributed by atoms with van der Waals surface area (Å²) in [4.78, 5) is 13.4. The van der Waals surface area contributed by atoms with Gasteiger partial charge in [-0.3, -0.25) is 0 Å². The van der Waals surface area contributed by atoms with Crippen molar-refractivity contribution >= 4 is 6.03 Å². The Morgan fingerprint density at radius 1 is 1.14 bits per heavy atom. The lowest BCUT2D eigenvalue weighted by Gasteiger charge is -2.25. The van der Waals surface area contributed by atoms with Crippen LogP contribution in [0.15, 0.2) is 24.3 Å². The second kappa shape index (κ2) is 6.48. The van der Waals surface area contributed by atoms with Crippen molar-refractivity contribution in [3.05, 3.63) is 35.4 Å². The minimum Gasteiger partial charge on any atom is -0.389 e. The van der Waals surface area contributed by atoms with Gasteiger partial charge in [-0.25, -0.2) is 4.79 Å². The third-order valence-corrected chi connectivity index (χ3v) is 3.23. The first-order chi connectivity index (χ1) is 9.49. The lowest BCUT2D eigenvalue weighted by atomic mass is 9.87. The number of carbonyl (C=O) groups is 1. The molecule has 2 amide bonds. The number of aliphatic hydroxyl groups is 1. The van der Waals surface area contributed by atoms with E-state index in [0.29, 0.717) is 13.1 Å². The first kappa shape index (κ1) is 17.5. The Morgan fingerprint density at radius 3 is 2.10 bits per heavy atom. The molecule has 0 heterocycles. The van der Waals surface area contributed by atoms with Crippen LogP contribution >= 0.6 is 0 Å². The summed E-state index contributed by atoms with van der Waals surface area (Å²) in [5, 5.41) is 12.6. The zero-order chi connectivity index (χ0) is 16.3. The number of likely N-dealkylation sites (N-methyl/N-ethyl adjacent to an activating group) is 1. The van der Waals surface area contributed by atoms with E-state index in [1.54, 1.807) is 20.9 Å². The van der Waals surface area contributed by atoms with E-state index >= 15 is 0 Å². The molecule has 21 heavy (non-hydrogen) atoms. The summed E-state index contributed by atoms with van der Waals surface area (Å²) in [6, 6.07) is 8.09. The van der Waals surface area contributed by atoms with Gasteiger partial charge < -0.3 is 15.3 Å². The number of amides is 2. The van der Waals surface area contributed by atoms with Crippen LogP contribution in [-0.4, -0.2) is 35.2 Å². The second-order valence-electron chi connectivity index (χ2n) is 7.27. The fraction of sp³-hybridized carbons (Fsp3) is 0.588. The second-order valence-corrected chi connectivity index (χ2v) is 7.27. The van der Waals surface area contributed by atoms with Crippen LogP contribution in [0.2, 0.25) is 0 Å². The van der Waals surface area contributed by atoms with Crippen molar-refractivity contribution in [1.29, 1.82) is 0 Å². The number of rotatable bonds is 4. The summed E-state index contributed by atoms with van der Waals surface area (Å²) in [7, 11) is 1.68. The summed E-state index contributed by atoms with van der Waals surface area (Å²) < 4.78 is 0. The highest BCUT2D eigenvalue weighted by molar-refractivity contribution is 5.73. The van der Waals surface area contributed by atoms with Gasteiger partial charge in [0.1, 0.15) is 0 Å². The fourth-order valence-electron chi connectivity index (χ4n) is 2.09. The minimum absolute atomic E-state index is 0.134. The van der Waals surface area contributed by atoms with E-state index in [-0.39, 0.29) is 11.4 Å². The maximum atomic E-state index is 11.9. The SMILES string of the molecule is CN(CC(C)(C)O)C(=O)NCc1ccc(C(C)(C)C)cc1. The largest absolute Gasteiger partial charge is 0.389 e. The maximum absolute atomic E-state index is 11.9. The van der Waals surface area contributed by atoms with E-state index in [4.69, 9.17) is 0 Å². The van der Waals surface area contributed by atoms with E-state index in [1.807, 2.05) is 12.1 Å². The molecule has 1 aromatic rings. The molecule has 4 nitrogen and oxygen atoms in total. The molecule has 0 saturated carbocycles. The minimum atomic E-state index is -0.888. The van der Waals surface area contributed by atoms with Crippen molar-refractivity contribution in [2.24, 2.45) is 0 Å². The molecule has 1 aromatic carbocycles. The van der Waals surface area contributed by atoms with E-state index in [9.17, 15) is 9.90 Å². The number of hydrogen-bond donors (Lipinski definition) is 2. The van der Waals surface area contributed by atoms with Crippen molar-refractivity contribution in [2.45, 2.75) is 52.2 Å². The Morgan fingerprint density at radius 2 is 1.67 bits per heavy atom. The van der Waals surface area contributed by atoms with Gasteiger partial charge in [0.25, 0.3) is 0 Å². The molecule has 0 aromatic heterocycles. The maximum Gasteiger partial charge on any atom is 0.317 e. The van der Waals surface area contributed by atoms with Gasteiger partial charge in [-0.2, -0.15) is 0 Å². The Kier molecular flexibility index (Phi) is 5.40. The van der Waals surface area contributed by atoms with E-state index in [0.717, 1.165) is 5.56 Å². The molecule has 0 unspecified atom stereocenters. The first-order valence-electron chi connectivity index (χ1n) is 7.30. The standard InChI is InChI=1S/C17H28N2O2/c1-16(2,3)14-9-7-13(8-10-14)11-18-15(20)19(6)12-17(4,5)21/h7-10,21H,11-12H2,1-6H3,(H,18,20). The monoisotopic (exact) mass is 292 g/mol. The van der Waals surface area contributed by atoms with Crippen LogP contribution < -0.4 is 5.32 Å². The van der Waals surface area contributed by atoms with Crippen LogP contribution in [-0.2, 0) is 12.0 Å². The Bertz CT molecular complexity index is 467. The van der Waals surface area contributed by atoms with Crippen molar-refractivity contribution in [1.82, 2.24) is 10.2 Å². The molecule has 1 rings (SSSR count). The van der Waals surface area contributed by atoms with Crippen molar-refractivity contribution in [3.63, 3.8) is 0 Å². The molecule has 0 aliphatic heterocycles. The van der Waals surface area contributed by atoms with Gasteiger partial charge in [-0.15, -0.1) is 0 Å². The average molecular weight is 292 g/mol. The topological polar surface area (TPSA) is 52.6 Å². The normalized spacial score (nSPS) is 12.1. The highest BCUT2D eigenvalue weighted by atomic mass is 16.3. The van der Waals surface area contributed by atoms with Crippen molar-refractivity contribution in [3.8, 4) is 0 Å². The van der Waals surface area contributed by atoms with Crippen LogP contribution in [0.1, 0.15) is 45.7 Å². The predicted molar refractivity (Wildman–Crippen MR) is 86.3 cm³/mol. The number of nitrogens with zero attached hydrogens (tertiary/aromatic N) is 1. The first-order valence-corrected chi connectivity index (χ1v) is 7.30. The fourth-order valence-corrected chi connectivity index (χ4v) is 2.09. The number of carbonyl (C=O) groups excluding carboxylic acids is 1. The van der Waals surface area contributed by atoms with Crippen LogP contribution in [0, 0.1) is 0 Å². The molecule has 0 bridgehead atoms. The molecule has 4 heteroatoms. The third kappa shape index (κ3) is 6.17. The highest BCUT2D eigenvalue weighted by Gasteiger charge is 2.19. The number of nitrogens with one attached hydrogen (secondary N) is 1. The summed E-state index contributed by atoms with van der Waals surface area (Å²) in [5.74, 6) is 0. The molecule has 0 aliphatic rings. The molecule has 0 radical (unpaired) electrons. The molecule has 2 N–H and O–H groups in total. The molecular weight excluding hydrogens is 264 g/mol. The molecule has 0 spiro atoms. The van der Waals surface area contributed by atoms with Crippen LogP contribution in [0.3, 0.4) is 0 Å². The molecule has 0 fully saturated rings. The summed E-state index contributed by atoms with van der Waals surface area (Å²) in [6.45, 7) is 10.7. The van der Waals surface area contributed by atoms with Crippen molar-refractivity contribution < 1.29 is 9.90 Å². The Balaban J connectivity index is 2.54. The van der Waals surface area contributed by atoms with Gasteiger partial charge in [-0.1, -0.05) is 45.0 Å². The zero-order valence-electron chi connectivity index (χ0n) is 14.0. The lowest BCUT2D eigenvalue weighted by Crippen LogP contribution is -2.44. The van der Waals surface area contributed by atoms with Crippen LogP contribution in [0.4, 0.5) is 4.79 Å². The van der Waals surface area contributed by atoms with Gasteiger partial charge in [0.05, 0.1) is 12.1 Å². The molecular formula is C17H28N2O2. The van der Waals surface area contributed by atoms with Gasteiger partial charge in [0.15, 0.2) is 0 Å². The Hall–Kier alpha value is -1.55. The van der Waals surface area contributed by atoms with Gasteiger partial charge in [-0.05, 0) is 30.4 Å². The van der Waals surface area contributed by atoms with Crippen LogP contribution in [0.5, 0.6) is 0 Å². The third-order valence-electron chi connectivity index (χ3n) is 3.23. The van der Waals surface area contributed by atoms with Gasteiger partial charge in [0, 0.05) is 13.6 Å². The highest BCUT2D eigenvalue weighted by Crippen LogP contribution is 2.22. The molecule has 0 atom stereocenters. The van der Waals surface area contributed by atoms with E-state index in [1.165, 1.54) is 10.5 Å². The number of benzene rings is 1. The number of hydrogen-bond acceptors (Lipinski definition) is 2. The quantitative estimate of drug-likeness (QED) is 0.896. The average Bonchev–Trinajstić information content (AvgIpc) is 2.33. The van der Waals surface area contributed by atoms with Gasteiger partial charge >= 0.3 is 6.03 Å². The summed E-state index contributed by atoms with van der Waals surface area (Å²) in [5.41, 5.74) is 1.58.